The molecule has 1 aromatic carbocycles. The van der Waals surface area contributed by atoms with Crippen molar-refractivity contribution in [3.63, 3.8) is 0 Å². The van der Waals surface area contributed by atoms with Crippen molar-refractivity contribution >= 4 is 17.2 Å². The van der Waals surface area contributed by atoms with Crippen molar-refractivity contribution in [2.24, 2.45) is 0 Å². The minimum absolute atomic E-state index is 0.661. The van der Waals surface area contributed by atoms with E-state index < -0.39 is 0 Å². The second kappa shape index (κ2) is 6.32. The van der Waals surface area contributed by atoms with E-state index in [-0.39, 0.29) is 0 Å². The molecular formula is C15H18N4OS. The molecule has 1 aromatic heterocycles. The van der Waals surface area contributed by atoms with Crippen LogP contribution in [0.1, 0.15) is 11.4 Å². The van der Waals surface area contributed by atoms with Gasteiger partial charge in [0.15, 0.2) is 0 Å². The molecule has 0 aliphatic carbocycles. The summed E-state index contributed by atoms with van der Waals surface area (Å²) in [6, 6.07) is 10.0. The van der Waals surface area contributed by atoms with Crippen molar-refractivity contribution in [2.75, 3.05) is 26.3 Å². The fourth-order valence-electron chi connectivity index (χ4n) is 2.41. The summed E-state index contributed by atoms with van der Waals surface area (Å²) in [5.41, 5.74) is 3.00. The van der Waals surface area contributed by atoms with Gasteiger partial charge in [-0.2, -0.15) is 0 Å². The molecule has 2 heterocycles. The van der Waals surface area contributed by atoms with Gasteiger partial charge in [-0.05, 0) is 19.1 Å². The number of ether oxygens (including phenoxy) is 1. The van der Waals surface area contributed by atoms with Crippen LogP contribution < -0.4 is 0 Å². The molecule has 0 N–H and O–H groups in total. The van der Waals surface area contributed by atoms with Crippen molar-refractivity contribution in [1.29, 1.82) is 0 Å². The number of morpholine rings is 1. The van der Waals surface area contributed by atoms with E-state index in [1.807, 2.05) is 41.9 Å². The van der Waals surface area contributed by atoms with Crippen molar-refractivity contribution in [3.8, 4) is 5.69 Å². The SMILES string of the molecule is Cc1c(CC(=S)N2CCOCC2)nnn1-c1ccccc1. The Morgan fingerprint density at radius 3 is 2.67 bits per heavy atom. The largest absolute Gasteiger partial charge is 0.378 e. The van der Waals surface area contributed by atoms with E-state index in [0.717, 1.165) is 48.4 Å². The molecule has 0 atom stereocenters. The molecule has 6 heteroatoms. The third kappa shape index (κ3) is 3.11. The standard InChI is InChI=1S/C15H18N4OS/c1-12-14(11-15(21)18-7-9-20-10-8-18)16-17-19(12)13-5-3-2-4-6-13/h2-6H,7-11H2,1H3. The van der Waals surface area contributed by atoms with Crippen LogP contribution in [0, 0.1) is 6.92 Å². The van der Waals surface area contributed by atoms with Gasteiger partial charge in [0, 0.05) is 19.5 Å². The lowest BCUT2D eigenvalue weighted by atomic mass is 10.2. The summed E-state index contributed by atoms with van der Waals surface area (Å²) in [6.07, 6.45) is 0.661. The van der Waals surface area contributed by atoms with E-state index in [1.165, 1.54) is 0 Å². The average molecular weight is 302 g/mol. The first kappa shape index (κ1) is 14.2. The van der Waals surface area contributed by atoms with Crippen molar-refractivity contribution in [1.82, 2.24) is 19.9 Å². The summed E-state index contributed by atoms with van der Waals surface area (Å²) in [6.45, 7) is 5.26. The van der Waals surface area contributed by atoms with E-state index in [2.05, 4.69) is 15.2 Å². The summed E-state index contributed by atoms with van der Waals surface area (Å²) in [7, 11) is 0. The highest BCUT2D eigenvalue weighted by Gasteiger charge is 2.17. The third-order valence-electron chi connectivity index (χ3n) is 3.67. The van der Waals surface area contributed by atoms with E-state index in [4.69, 9.17) is 17.0 Å². The Bertz CT molecular complexity index is 620. The molecule has 2 aromatic rings. The number of hydrogen-bond acceptors (Lipinski definition) is 4. The molecule has 5 nitrogen and oxygen atoms in total. The highest BCUT2D eigenvalue weighted by atomic mass is 32.1. The van der Waals surface area contributed by atoms with Gasteiger partial charge in [-0.3, -0.25) is 0 Å². The van der Waals surface area contributed by atoms with E-state index >= 15 is 0 Å². The predicted molar refractivity (Wildman–Crippen MR) is 84.8 cm³/mol. The molecular weight excluding hydrogens is 284 g/mol. The van der Waals surface area contributed by atoms with Crippen molar-refractivity contribution in [3.05, 3.63) is 41.7 Å². The Hall–Kier alpha value is -1.79. The summed E-state index contributed by atoms with van der Waals surface area (Å²) >= 11 is 5.53. The topological polar surface area (TPSA) is 43.2 Å². The molecule has 0 spiro atoms. The molecule has 1 saturated heterocycles. The number of para-hydroxylation sites is 1. The molecule has 0 radical (unpaired) electrons. The molecule has 0 unspecified atom stereocenters. The highest BCUT2D eigenvalue weighted by molar-refractivity contribution is 7.80. The first-order valence-electron chi connectivity index (χ1n) is 7.08. The highest BCUT2D eigenvalue weighted by Crippen LogP contribution is 2.13. The third-order valence-corrected chi connectivity index (χ3v) is 4.08. The van der Waals surface area contributed by atoms with Gasteiger partial charge in [0.1, 0.15) is 0 Å². The fraction of sp³-hybridized carbons (Fsp3) is 0.400. The molecule has 110 valence electrons. The molecule has 0 amide bonds. The molecule has 0 saturated carbocycles. The molecule has 0 bridgehead atoms. The fourth-order valence-corrected chi connectivity index (χ4v) is 2.73. The lowest BCUT2D eigenvalue weighted by molar-refractivity contribution is 0.0684. The maximum atomic E-state index is 5.53. The number of aromatic nitrogens is 3. The van der Waals surface area contributed by atoms with Crippen LogP contribution in [0.25, 0.3) is 5.69 Å². The number of benzene rings is 1. The monoisotopic (exact) mass is 302 g/mol. The van der Waals surface area contributed by atoms with Crippen LogP contribution in [0.2, 0.25) is 0 Å². The summed E-state index contributed by atoms with van der Waals surface area (Å²) < 4.78 is 7.21. The van der Waals surface area contributed by atoms with Crippen LogP contribution in [0.3, 0.4) is 0 Å². The van der Waals surface area contributed by atoms with Crippen molar-refractivity contribution < 1.29 is 4.74 Å². The lowest BCUT2D eigenvalue weighted by Gasteiger charge is -2.28. The number of hydrogen-bond donors (Lipinski definition) is 0. The predicted octanol–water partition coefficient (Wildman–Crippen LogP) is 1.78. The van der Waals surface area contributed by atoms with Crippen LogP contribution >= 0.6 is 12.2 Å². The summed E-state index contributed by atoms with van der Waals surface area (Å²) in [4.78, 5) is 3.11. The number of thiocarbonyl (C=S) groups is 1. The first-order chi connectivity index (χ1) is 10.3. The van der Waals surface area contributed by atoms with E-state index in [1.54, 1.807) is 0 Å². The van der Waals surface area contributed by atoms with Crippen molar-refractivity contribution in [2.45, 2.75) is 13.3 Å². The van der Waals surface area contributed by atoms with Gasteiger partial charge in [-0.1, -0.05) is 35.6 Å². The minimum Gasteiger partial charge on any atom is -0.378 e. The molecule has 3 rings (SSSR count). The molecule has 1 fully saturated rings. The zero-order valence-corrected chi connectivity index (χ0v) is 12.8. The van der Waals surface area contributed by atoms with Gasteiger partial charge in [0.05, 0.1) is 35.3 Å². The molecule has 21 heavy (non-hydrogen) atoms. The average Bonchev–Trinajstić information content (AvgIpc) is 2.90. The van der Waals surface area contributed by atoms with E-state index in [9.17, 15) is 0 Å². The number of rotatable bonds is 3. The Balaban J connectivity index is 1.75. The second-order valence-electron chi connectivity index (χ2n) is 5.04. The van der Waals surface area contributed by atoms with E-state index in [0.29, 0.717) is 6.42 Å². The normalized spacial score (nSPS) is 15.2. The Morgan fingerprint density at radius 1 is 1.24 bits per heavy atom. The summed E-state index contributed by atoms with van der Waals surface area (Å²) in [5.74, 6) is 0. The maximum absolute atomic E-state index is 5.53. The van der Waals surface area contributed by atoms with Crippen LogP contribution in [-0.4, -0.2) is 51.2 Å². The van der Waals surface area contributed by atoms with Gasteiger partial charge in [0.2, 0.25) is 0 Å². The number of nitrogens with zero attached hydrogens (tertiary/aromatic N) is 4. The van der Waals surface area contributed by atoms with Gasteiger partial charge < -0.3 is 9.64 Å². The van der Waals surface area contributed by atoms with Crippen LogP contribution in [-0.2, 0) is 11.2 Å². The second-order valence-corrected chi connectivity index (χ2v) is 5.51. The maximum Gasteiger partial charge on any atom is 0.0928 e. The van der Waals surface area contributed by atoms with Crippen LogP contribution in [0.4, 0.5) is 0 Å². The van der Waals surface area contributed by atoms with Gasteiger partial charge in [-0.15, -0.1) is 5.10 Å². The van der Waals surface area contributed by atoms with Crippen LogP contribution in [0.5, 0.6) is 0 Å². The molecule has 1 aliphatic rings. The van der Waals surface area contributed by atoms with Gasteiger partial charge in [-0.25, -0.2) is 4.68 Å². The van der Waals surface area contributed by atoms with Gasteiger partial charge >= 0.3 is 0 Å². The summed E-state index contributed by atoms with van der Waals surface area (Å²) in [5, 5.41) is 8.54. The zero-order valence-electron chi connectivity index (χ0n) is 12.0. The van der Waals surface area contributed by atoms with Gasteiger partial charge in [0.25, 0.3) is 0 Å². The zero-order chi connectivity index (χ0) is 14.7. The quantitative estimate of drug-likeness (QED) is 0.809. The first-order valence-corrected chi connectivity index (χ1v) is 7.48. The Morgan fingerprint density at radius 2 is 1.95 bits per heavy atom. The minimum atomic E-state index is 0.661. The smallest absolute Gasteiger partial charge is 0.0928 e. The lowest BCUT2D eigenvalue weighted by Crippen LogP contribution is -2.40. The van der Waals surface area contributed by atoms with Crippen LogP contribution in [0.15, 0.2) is 30.3 Å². The Kier molecular flexibility index (Phi) is 4.26. The Labute approximate surface area is 129 Å². The molecule has 1 aliphatic heterocycles.